The fourth-order valence-electron chi connectivity index (χ4n) is 3.18. The average Bonchev–Trinajstić information content (AvgIpc) is 3.30. The zero-order valence-corrected chi connectivity index (χ0v) is 16.4. The maximum atomic E-state index is 12.8. The Bertz CT molecular complexity index is 1140. The van der Waals surface area contributed by atoms with Gasteiger partial charge in [-0.25, -0.2) is 8.42 Å². The second-order valence-corrected chi connectivity index (χ2v) is 8.74. The molecule has 2 N–H and O–H groups in total. The van der Waals surface area contributed by atoms with Gasteiger partial charge in [-0.1, -0.05) is 60.7 Å². The van der Waals surface area contributed by atoms with Crippen molar-refractivity contribution in [1.29, 1.82) is 0 Å². The van der Waals surface area contributed by atoms with Crippen LogP contribution in [0.15, 0.2) is 66.7 Å². The van der Waals surface area contributed by atoms with E-state index in [2.05, 4.69) is 15.5 Å². The van der Waals surface area contributed by atoms with Crippen LogP contribution in [0, 0.1) is 0 Å². The Hall–Kier alpha value is -3.23. The summed E-state index contributed by atoms with van der Waals surface area (Å²) in [7, 11) is -3.48. The van der Waals surface area contributed by atoms with E-state index in [0.717, 1.165) is 11.1 Å². The van der Waals surface area contributed by atoms with Crippen LogP contribution in [-0.4, -0.2) is 28.8 Å². The highest BCUT2D eigenvalue weighted by Gasteiger charge is 2.33. The number of nitrogens with one attached hydrogen (secondary N) is 2. The largest absolute Gasteiger partial charge is 0.305 e. The molecular formula is C21H20N4O3S. The van der Waals surface area contributed by atoms with Crippen molar-refractivity contribution in [2.75, 3.05) is 5.32 Å². The molecule has 0 unspecified atom stereocenters. The van der Waals surface area contributed by atoms with Crippen molar-refractivity contribution in [2.45, 2.75) is 18.8 Å². The number of aromatic amines is 1. The van der Waals surface area contributed by atoms with Gasteiger partial charge in [-0.3, -0.25) is 9.89 Å². The van der Waals surface area contributed by atoms with Gasteiger partial charge < -0.3 is 5.32 Å². The maximum Gasteiger partial charge on any atom is 0.249 e. The van der Waals surface area contributed by atoms with Crippen molar-refractivity contribution in [3.8, 4) is 0 Å². The smallest absolute Gasteiger partial charge is 0.249 e. The Labute approximate surface area is 169 Å². The van der Waals surface area contributed by atoms with Crippen molar-refractivity contribution in [3.63, 3.8) is 0 Å². The number of rotatable bonds is 6. The summed E-state index contributed by atoms with van der Waals surface area (Å²) in [5.74, 6) is -0.0265. The van der Waals surface area contributed by atoms with E-state index in [1.54, 1.807) is 18.2 Å². The molecule has 3 aromatic rings. The lowest BCUT2D eigenvalue weighted by Crippen LogP contribution is -2.27. The molecule has 148 valence electrons. The van der Waals surface area contributed by atoms with Crippen LogP contribution in [-0.2, 0) is 33.7 Å². The minimum absolute atomic E-state index is 0.0625. The Kier molecular flexibility index (Phi) is 5.28. The van der Waals surface area contributed by atoms with E-state index < -0.39 is 10.0 Å². The maximum absolute atomic E-state index is 12.8. The third kappa shape index (κ3) is 4.44. The van der Waals surface area contributed by atoms with Crippen molar-refractivity contribution >= 4 is 27.8 Å². The van der Waals surface area contributed by atoms with Gasteiger partial charge >= 0.3 is 0 Å². The third-order valence-corrected chi connectivity index (χ3v) is 6.42. The fourth-order valence-corrected chi connectivity index (χ4v) is 4.63. The predicted octanol–water partition coefficient (Wildman–Crippen LogP) is 2.91. The average molecular weight is 408 g/mol. The van der Waals surface area contributed by atoms with Gasteiger partial charge in [0, 0.05) is 18.2 Å². The summed E-state index contributed by atoms with van der Waals surface area (Å²) >= 11 is 0. The number of hydrogen-bond donors (Lipinski definition) is 2. The van der Waals surface area contributed by atoms with E-state index in [-0.39, 0.29) is 24.7 Å². The number of anilines is 1. The molecule has 0 spiro atoms. The molecule has 8 heteroatoms. The summed E-state index contributed by atoms with van der Waals surface area (Å²) in [6.45, 7) is 0.395. The third-order valence-electron chi connectivity index (χ3n) is 4.68. The molecule has 1 aliphatic heterocycles. The first kappa shape index (κ1) is 19.1. The van der Waals surface area contributed by atoms with Gasteiger partial charge in [0.1, 0.15) is 0 Å². The minimum Gasteiger partial charge on any atom is -0.305 e. The van der Waals surface area contributed by atoms with E-state index >= 15 is 0 Å². The monoisotopic (exact) mass is 408 g/mol. The lowest BCUT2D eigenvalue weighted by molar-refractivity contribution is -0.111. The topological polar surface area (TPSA) is 95.2 Å². The lowest BCUT2D eigenvalue weighted by Gasteiger charge is -2.16. The Morgan fingerprint density at radius 1 is 1.07 bits per heavy atom. The molecule has 1 aromatic heterocycles. The van der Waals surface area contributed by atoms with Gasteiger partial charge in [0.2, 0.25) is 15.9 Å². The van der Waals surface area contributed by atoms with Gasteiger partial charge in [0.15, 0.2) is 5.82 Å². The predicted molar refractivity (Wildman–Crippen MR) is 111 cm³/mol. The quantitative estimate of drug-likeness (QED) is 0.613. The second-order valence-electron chi connectivity index (χ2n) is 6.77. The highest BCUT2D eigenvalue weighted by atomic mass is 32.2. The molecule has 1 amide bonds. The van der Waals surface area contributed by atoms with Crippen molar-refractivity contribution in [1.82, 2.24) is 14.5 Å². The zero-order valence-electron chi connectivity index (χ0n) is 15.6. The van der Waals surface area contributed by atoms with Gasteiger partial charge in [-0.2, -0.15) is 9.40 Å². The molecule has 7 nitrogen and oxygen atoms in total. The minimum atomic E-state index is -3.48. The van der Waals surface area contributed by atoms with E-state index in [4.69, 9.17) is 0 Å². The van der Waals surface area contributed by atoms with Gasteiger partial charge in [0.05, 0.1) is 18.0 Å². The number of aromatic nitrogens is 2. The first-order valence-electron chi connectivity index (χ1n) is 9.13. The number of nitrogens with zero attached hydrogens (tertiary/aromatic N) is 2. The fraction of sp³-hybridized carbons (Fsp3) is 0.143. The molecule has 0 fully saturated rings. The van der Waals surface area contributed by atoms with E-state index in [0.29, 0.717) is 17.1 Å². The Morgan fingerprint density at radius 3 is 2.48 bits per heavy atom. The first-order valence-corrected chi connectivity index (χ1v) is 10.7. The molecule has 2 aromatic carbocycles. The molecule has 0 bridgehead atoms. The van der Waals surface area contributed by atoms with Crippen LogP contribution in [0.25, 0.3) is 6.08 Å². The van der Waals surface area contributed by atoms with E-state index in [1.165, 1.54) is 10.4 Å². The number of benzene rings is 2. The van der Waals surface area contributed by atoms with Crippen molar-refractivity contribution < 1.29 is 13.2 Å². The van der Waals surface area contributed by atoms with Crippen LogP contribution in [0.5, 0.6) is 0 Å². The number of hydrogen-bond acceptors (Lipinski definition) is 4. The number of carbonyl (C=O) groups is 1. The van der Waals surface area contributed by atoms with Crippen LogP contribution in [0.3, 0.4) is 0 Å². The SMILES string of the molecule is O=C(C=Cc1ccccc1)Nc1n[nH]c2c1CN(S(=O)(=O)Cc1ccccc1)C2. The molecule has 0 saturated carbocycles. The number of carbonyl (C=O) groups excluding carboxylic acids is 1. The van der Waals surface area contributed by atoms with Crippen molar-refractivity contribution in [3.05, 3.63) is 89.1 Å². The highest BCUT2D eigenvalue weighted by molar-refractivity contribution is 7.88. The number of fused-ring (bicyclic) bond motifs is 1. The number of sulfonamides is 1. The second kappa shape index (κ2) is 8.02. The molecule has 0 radical (unpaired) electrons. The van der Waals surface area contributed by atoms with Crippen LogP contribution in [0.2, 0.25) is 0 Å². The Balaban J connectivity index is 1.43. The molecule has 29 heavy (non-hydrogen) atoms. The normalized spacial score (nSPS) is 14.2. The van der Waals surface area contributed by atoms with Crippen LogP contribution in [0.4, 0.5) is 5.82 Å². The van der Waals surface area contributed by atoms with Gasteiger partial charge in [0.25, 0.3) is 0 Å². The summed E-state index contributed by atoms with van der Waals surface area (Å²) in [6.07, 6.45) is 3.13. The van der Waals surface area contributed by atoms with Crippen LogP contribution in [0.1, 0.15) is 22.4 Å². The van der Waals surface area contributed by atoms with Crippen molar-refractivity contribution in [2.24, 2.45) is 0 Å². The summed E-state index contributed by atoms with van der Waals surface area (Å²) < 4.78 is 26.9. The molecule has 2 heterocycles. The lowest BCUT2D eigenvalue weighted by atomic mass is 10.2. The highest BCUT2D eigenvalue weighted by Crippen LogP contribution is 2.30. The molecule has 0 atom stereocenters. The summed E-state index contributed by atoms with van der Waals surface area (Å²) in [4.78, 5) is 12.2. The van der Waals surface area contributed by atoms with Gasteiger partial charge in [-0.15, -0.1) is 0 Å². The number of amides is 1. The van der Waals surface area contributed by atoms with Crippen LogP contribution >= 0.6 is 0 Å². The molecular weight excluding hydrogens is 388 g/mol. The van der Waals surface area contributed by atoms with Crippen LogP contribution < -0.4 is 5.32 Å². The molecule has 0 saturated heterocycles. The van der Waals surface area contributed by atoms with Gasteiger partial charge in [-0.05, 0) is 17.2 Å². The first-order chi connectivity index (χ1) is 14.0. The van der Waals surface area contributed by atoms with E-state index in [1.807, 2.05) is 48.5 Å². The molecule has 0 aliphatic carbocycles. The summed E-state index contributed by atoms with van der Waals surface area (Å²) in [6, 6.07) is 18.5. The summed E-state index contributed by atoms with van der Waals surface area (Å²) in [5.41, 5.74) is 3.04. The summed E-state index contributed by atoms with van der Waals surface area (Å²) in [5, 5.41) is 9.68. The standard InChI is InChI=1S/C21H20N4O3S/c26-20(12-11-16-7-3-1-4-8-16)22-21-18-13-25(14-19(18)23-24-21)29(27,28)15-17-9-5-2-6-10-17/h1-12H,13-15H2,(H2,22,23,24,26). The van der Waals surface area contributed by atoms with E-state index in [9.17, 15) is 13.2 Å². The number of H-pyrrole nitrogens is 1. The zero-order chi connectivity index (χ0) is 20.3. The molecule has 4 rings (SSSR count). The Morgan fingerprint density at radius 2 is 1.76 bits per heavy atom. The molecule has 1 aliphatic rings.